The number of sulfonamides is 1. The molecule has 0 spiro atoms. The van der Waals surface area contributed by atoms with Crippen LogP contribution in [0.25, 0.3) is 10.8 Å². The Hall–Kier alpha value is -3.46. The number of nitro benzene ring substituents is 1. The van der Waals surface area contributed by atoms with E-state index in [2.05, 4.69) is 5.10 Å². The normalized spacial score (nSPS) is 11.7. The number of non-ortho nitro benzene ring substituents is 1. The maximum atomic E-state index is 12.2. The van der Waals surface area contributed by atoms with E-state index >= 15 is 0 Å². The Bertz CT molecular complexity index is 1130. The molecule has 3 rings (SSSR count). The average Bonchev–Trinajstić information content (AvgIpc) is 2.63. The van der Waals surface area contributed by atoms with Gasteiger partial charge in [0.15, 0.2) is 0 Å². The number of hydrogen-bond acceptors (Lipinski definition) is 6. The molecule has 3 aromatic rings. The molecule has 0 unspecified atom stereocenters. The molecule has 8 nitrogen and oxygen atoms in total. The van der Waals surface area contributed by atoms with E-state index in [0.29, 0.717) is 10.9 Å². The molecular formula is C17H13N3O5S. The second kappa shape index (κ2) is 6.81. The molecule has 0 saturated heterocycles. The molecule has 0 fully saturated rings. The fourth-order valence-corrected chi connectivity index (χ4v) is 3.23. The first-order chi connectivity index (χ1) is 12.4. The van der Waals surface area contributed by atoms with Crippen LogP contribution in [-0.4, -0.2) is 24.7 Å². The van der Waals surface area contributed by atoms with Crippen LogP contribution in [0.4, 0.5) is 5.69 Å². The number of nitro groups is 1. The third-order valence-corrected chi connectivity index (χ3v) is 4.87. The molecule has 3 aromatic carbocycles. The number of aromatic hydroxyl groups is 1. The highest BCUT2D eigenvalue weighted by Gasteiger charge is 2.16. The number of nitrogens with zero attached hydrogens (tertiary/aromatic N) is 2. The monoisotopic (exact) mass is 371 g/mol. The van der Waals surface area contributed by atoms with Crippen molar-refractivity contribution >= 4 is 32.7 Å². The minimum Gasteiger partial charge on any atom is -0.507 e. The van der Waals surface area contributed by atoms with Crippen molar-refractivity contribution < 1.29 is 18.4 Å². The van der Waals surface area contributed by atoms with Gasteiger partial charge in [0.25, 0.3) is 15.7 Å². The summed E-state index contributed by atoms with van der Waals surface area (Å²) in [7, 11) is -4.09. The summed E-state index contributed by atoms with van der Waals surface area (Å²) in [5.74, 6) is -0.0537. The van der Waals surface area contributed by atoms with Gasteiger partial charge in [-0.05, 0) is 22.9 Å². The van der Waals surface area contributed by atoms with Gasteiger partial charge in [0, 0.05) is 17.7 Å². The Morgan fingerprint density at radius 3 is 2.62 bits per heavy atom. The van der Waals surface area contributed by atoms with Crippen molar-refractivity contribution in [2.45, 2.75) is 4.90 Å². The summed E-state index contributed by atoms with van der Waals surface area (Å²) in [6, 6.07) is 15.1. The minimum absolute atomic E-state index is 0.0537. The summed E-state index contributed by atoms with van der Waals surface area (Å²) >= 11 is 0. The predicted octanol–water partition coefficient (Wildman–Crippen LogP) is 2.77. The summed E-state index contributed by atoms with van der Waals surface area (Å²) < 4.78 is 24.5. The number of rotatable bonds is 5. The third kappa shape index (κ3) is 3.47. The molecular weight excluding hydrogens is 358 g/mol. The second-order valence-corrected chi connectivity index (χ2v) is 6.99. The van der Waals surface area contributed by atoms with E-state index in [1.54, 1.807) is 18.2 Å². The van der Waals surface area contributed by atoms with Crippen molar-refractivity contribution in [1.29, 1.82) is 0 Å². The summed E-state index contributed by atoms with van der Waals surface area (Å²) in [6.07, 6.45) is 1.19. The van der Waals surface area contributed by atoms with E-state index in [0.717, 1.165) is 11.5 Å². The van der Waals surface area contributed by atoms with Gasteiger partial charge in [-0.25, -0.2) is 4.83 Å². The second-order valence-electron chi connectivity index (χ2n) is 5.33. The fourth-order valence-electron chi connectivity index (χ4n) is 2.40. The van der Waals surface area contributed by atoms with Crippen molar-refractivity contribution in [1.82, 2.24) is 4.83 Å². The minimum atomic E-state index is -4.09. The largest absolute Gasteiger partial charge is 0.507 e. The molecule has 2 N–H and O–H groups in total. The highest BCUT2D eigenvalue weighted by atomic mass is 32.2. The molecule has 26 heavy (non-hydrogen) atoms. The Balaban J connectivity index is 1.90. The first-order valence-corrected chi connectivity index (χ1v) is 8.87. The number of hydrogen-bond donors (Lipinski definition) is 2. The van der Waals surface area contributed by atoms with Crippen LogP contribution in [0.2, 0.25) is 0 Å². The number of nitrogens with one attached hydrogen (secondary N) is 1. The molecule has 0 aliphatic carbocycles. The van der Waals surface area contributed by atoms with Gasteiger partial charge in [-0.3, -0.25) is 10.1 Å². The van der Waals surface area contributed by atoms with Gasteiger partial charge in [-0.1, -0.05) is 36.4 Å². The Labute approximate surface area is 148 Å². The molecule has 0 amide bonds. The number of hydrazone groups is 1. The molecule has 0 atom stereocenters. The smallest absolute Gasteiger partial charge is 0.276 e. The van der Waals surface area contributed by atoms with Gasteiger partial charge in [0.05, 0.1) is 16.0 Å². The van der Waals surface area contributed by atoms with Crippen molar-refractivity contribution in [3.05, 3.63) is 76.3 Å². The van der Waals surface area contributed by atoms with Crippen molar-refractivity contribution in [3.63, 3.8) is 0 Å². The van der Waals surface area contributed by atoms with Gasteiger partial charge in [0.1, 0.15) is 5.75 Å². The standard InChI is InChI=1S/C17H13N3O5S/c21-17-9-8-12-4-1-2-7-15(12)16(17)11-18-19-26(24,25)14-6-3-5-13(10-14)20(22)23/h1-11,19,21H/b18-11+. The summed E-state index contributed by atoms with van der Waals surface area (Å²) in [5, 5.41) is 26.0. The number of phenols is 1. The topological polar surface area (TPSA) is 122 Å². The Morgan fingerprint density at radius 1 is 1.08 bits per heavy atom. The van der Waals surface area contributed by atoms with Crippen LogP contribution in [0.3, 0.4) is 0 Å². The molecule has 0 aliphatic heterocycles. The van der Waals surface area contributed by atoms with E-state index in [1.807, 2.05) is 17.0 Å². The average molecular weight is 371 g/mol. The molecule has 0 aromatic heterocycles. The van der Waals surface area contributed by atoms with Gasteiger partial charge in [-0.2, -0.15) is 13.5 Å². The summed E-state index contributed by atoms with van der Waals surface area (Å²) in [4.78, 5) is 11.8. The maximum absolute atomic E-state index is 12.2. The molecule has 0 heterocycles. The van der Waals surface area contributed by atoms with E-state index in [1.165, 1.54) is 30.5 Å². The van der Waals surface area contributed by atoms with E-state index in [9.17, 15) is 23.6 Å². The molecule has 0 aliphatic rings. The molecule has 0 saturated carbocycles. The number of phenolic OH excluding ortho intramolecular Hbond substituents is 1. The Kier molecular flexibility index (Phi) is 4.55. The highest BCUT2D eigenvalue weighted by Crippen LogP contribution is 2.25. The van der Waals surface area contributed by atoms with Crippen LogP contribution in [0.15, 0.2) is 70.7 Å². The van der Waals surface area contributed by atoms with Gasteiger partial charge >= 0.3 is 0 Å². The quantitative estimate of drug-likeness (QED) is 0.406. The van der Waals surface area contributed by atoms with Gasteiger partial charge in [0.2, 0.25) is 0 Å². The summed E-state index contributed by atoms with van der Waals surface area (Å²) in [6.45, 7) is 0. The van der Waals surface area contributed by atoms with E-state index in [4.69, 9.17) is 0 Å². The zero-order valence-corrected chi connectivity index (χ0v) is 14.1. The van der Waals surface area contributed by atoms with Crippen molar-refractivity contribution in [2.24, 2.45) is 5.10 Å². The summed E-state index contributed by atoms with van der Waals surface area (Å²) in [5.41, 5.74) is 0.00777. The highest BCUT2D eigenvalue weighted by molar-refractivity contribution is 7.89. The van der Waals surface area contributed by atoms with Gasteiger partial charge in [-0.15, -0.1) is 0 Å². The predicted molar refractivity (Wildman–Crippen MR) is 96.6 cm³/mol. The zero-order valence-electron chi connectivity index (χ0n) is 13.2. The fraction of sp³-hybridized carbons (Fsp3) is 0. The first kappa shape index (κ1) is 17.4. The molecule has 0 bridgehead atoms. The lowest BCUT2D eigenvalue weighted by atomic mass is 10.0. The number of fused-ring (bicyclic) bond motifs is 1. The van der Waals surface area contributed by atoms with Crippen molar-refractivity contribution in [2.75, 3.05) is 0 Å². The third-order valence-electron chi connectivity index (χ3n) is 3.65. The molecule has 9 heteroatoms. The maximum Gasteiger partial charge on any atom is 0.276 e. The Morgan fingerprint density at radius 2 is 1.85 bits per heavy atom. The number of benzene rings is 3. The SMILES string of the molecule is O=[N+]([O-])c1cccc(S(=O)(=O)N/N=C/c2c(O)ccc3ccccc23)c1. The van der Waals surface area contributed by atoms with Crippen molar-refractivity contribution in [3.8, 4) is 5.75 Å². The van der Waals surface area contributed by atoms with Crippen LogP contribution in [0.5, 0.6) is 5.75 Å². The van der Waals surface area contributed by atoms with E-state index in [-0.39, 0.29) is 16.3 Å². The van der Waals surface area contributed by atoms with Crippen LogP contribution >= 0.6 is 0 Å². The van der Waals surface area contributed by atoms with Gasteiger partial charge < -0.3 is 5.11 Å². The van der Waals surface area contributed by atoms with Crippen LogP contribution in [-0.2, 0) is 10.0 Å². The lowest BCUT2D eigenvalue weighted by molar-refractivity contribution is -0.385. The van der Waals surface area contributed by atoms with Crippen LogP contribution in [0, 0.1) is 10.1 Å². The first-order valence-electron chi connectivity index (χ1n) is 7.38. The lowest BCUT2D eigenvalue weighted by Gasteiger charge is -2.06. The zero-order chi connectivity index (χ0) is 18.7. The molecule has 132 valence electrons. The van der Waals surface area contributed by atoms with Crippen LogP contribution < -0.4 is 4.83 Å². The van der Waals surface area contributed by atoms with Crippen LogP contribution in [0.1, 0.15) is 5.56 Å². The lowest BCUT2D eigenvalue weighted by Crippen LogP contribution is -2.18. The molecule has 0 radical (unpaired) electrons. The van der Waals surface area contributed by atoms with E-state index < -0.39 is 14.9 Å².